The number of allylic oxidation sites excluding steroid dienone is 2. The molecule has 6 rings (SSSR count). The predicted octanol–water partition coefficient (Wildman–Crippen LogP) is 6.47. The number of carbonyl (C=O) groups excluding carboxylic acids is 2. The van der Waals surface area contributed by atoms with E-state index in [1.54, 1.807) is 7.11 Å². The smallest absolute Gasteiger partial charge is 0.312 e. The summed E-state index contributed by atoms with van der Waals surface area (Å²) in [5.41, 5.74) is 1.14. The van der Waals surface area contributed by atoms with Crippen LogP contribution in [0.4, 0.5) is 0 Å². The highest BCUT2D eigenvalue weighted by molar-refractivity contribution is 5.96. The Morgan fingerprint density at radius 3 is 2.46 bits per heavy atom. The van der Waals surface area contributed by atoms with Gasteiger partial charge in [-0.05, 0) is 97.9 Å². The van der Waals surface area contributed by atoms with Crippen LogP contribution in [0.3, 0.4) is 0 Å². The molecule has 0 N–H and O–H groups in total. The summed E-state index contributed by atoms with van der Waals surface area (Å²) in [5.74, 6) is 1.20. The summed E-state index contributed by atoms with van der Waals surface area (Å²) in [6, 6.07) is 0. The minimum atomic E-state index is -0.549. The van der Waals surface area contributed by atoms with Crippen molar-refractivity contribution < 1.29 is 23.6 Å². The first-order valence-corrected chi connectivity index (χ1v) is 15.0. The summed E-state index contributed by atoms with van der Waals surface area (Å²) in [4.78, 5) is 28.0. The molecular formula is C33H47NO5. The maximum Gasteiger partial charge on any atom is 0.312 e. The van der Waals surface area contributed by atoms with E-state index >= 15 is 0 Å². The number of fused-ring (bicyclic) bond motifs is 8. The molecule has 5 aliphatic rings. The van der Waals surface area contributed by atoms with E-state index in [2.05, 4.69) is 52.8 Å². The van der Waals surface area contributed by atoms with Crippen LogP contribution < -0.4 is 0 Å². The van der Waals surface area contributed by atoms with E-state index in [9.17, 15) is 9.59 Å². The van der Waals surface area contributed by atoms with Crippen LogP contribution in [0.5, 0.6) is 0 Å². The van der Waals surface area contributed by atoms with Crippen LogP contribution in [0.15, 0.2) is 22.4 Å². The van der Waals surface area contributed by atoms with Crippen LogP contribution in [0, 0.1) is 44.8 Å². The van der Waals surface area contributed by atoms with Gasteiger partial charge in [-0.25, -0.2) is 0 Å². The molecule has 1 heterocycles. The van der Waals surface area contributed by atoms with Gasteiger partial charge in [-0.1, -0.05) is 45.3 Å². The number of hydrogen-bond acceptors (Lipinski definition) is 6. The van der Waals surface area contributed by atoms with Gasteiger partial charge < -0.3 is 14.0 Å². The number of esters is 1. The van der Waals surface area contributed by atoms with E-state index in [1.165, 1.54) is 12.7 Å². The zero-order chi connectivity index (χ0) is 28.2. The number of rotatable bonds is 3. The van der Waals surface area contributed by atoms with Gasteiger partial charge in [0, 0.05) is 18.6 Å². The van der Waals surface area contributed by atoms with Crippen molar-refractivity contribution in [3.05, 3.63) is 29.2 Å². The molecule has 0 radical (unpaired) electrons. The van der Waals surface area contributed by atoms with Crippen molar-refractivity contribution >= 4 is 11.8 Å². The molecule has 6 heteroatoms. The molecule has 0 amide bonds. The molecule has 8 atom stereocenters. The summed E-state index contributed by atoms with van der Waals surface area (Å²) in [7, 11) is 3.28. The Labute approximate surface area is 233 Å². The molecule has 3 fully saturated rings. The van der Waals surface area contributed by atoms with Crippen molar-refractivity contribution in [1.29, 1.82) is 0 Å². The van der Waals surface area contributed by atoms with Gasteiger partial charge in [0.15, 0.2) is 5.78 Å². The molecule has 0 spiro atoms. The Morgan fingerprint density at radius 1 is 1.05 bits per heavy atom. The van der Waals surface area contributed by atoms with Gasteiger partial charge in [-0.15, -0.1) is 0 Å². The Kier molecular flexibility index (Phi) is 5.79. The molecule has 0 saturated heterocycles. The van der Waals surface area contributed by atoms with Gasteiger partial charge in [0.05, 0.1) is 30.7 Å². The van der Waals surface area contributed by atoms with Gasteiger partial charge in [0.2, 0.25) is 0 Å². The monoisotopic (exact) mass is 537 g/mol. The Morgan fingerprint density at radius 2 is 1.77 bits per heavy atom. The van der Waals surface area contributed by atoms with E-state index in [0.717, 1.165) is 62.7 Å². The molecule has 5 aliphatic carbocycles. The van der Waals surface area contributed by atoms with Crippen LogP contribution in [0.25, 0.3) is 0 Å². The minimum Gasteiger partial charge on any atom is -0.469 e. The van der Waals surface area contributed by atoms with E-state index in [1.807, 2.05) is 6.20 Å². The van der Waals surface area contributed by atoms with E-state index in [-0.39, 0.29) is 56.6 Å². The number of hydrogen-bond donors (Lipinski definition) is 0. The number of ether oxygens (including phenoxy) is 2. The fraction of sp³-hybridized carbons (Fsp3) is 0.788. The molecular weight excluding hydrogens is 490 g/mol. The lowest BCUT2D eigenvalue weighted by molar-refractivity contribution is -0.192. The fourth-order valence-electron chi connectivity index (χ4n) is 11.1. The first-order chi connectivity index (χ1) is 18.2. The lowest BCUT2D eigenvalue weighted by Gasteiger charge is -2.69. The molecule has 0 aliphatic heterocycles. The Balaban J connectivity index is 1.50. The van der Waals surface area contributed by atoms with Crippen LogP contribution in [-0.2, 0) is 30.9 Å². The van der Waals surface area contributed by atoms with Gasteiger partial charge >= 0.3 is 5.97 Å². The van der Waals surface area contributed by atoms with E-state index < -0.39 is 5.41 Å². The third-order valence-corrected chi connectivity index (χ3v) is 13.2. The highest BCUT2D eigenvalue weighted by atomic mass is 16.5. The summed E-state index contributed by atoms with van der Waals surface area (Å²) in [6.45, 7) is 14.6. The lowest BCUT2D eigenvalue weighted by Crippen LogP contribution is -2.66. The molecule has 39 heavy (non-hydrogen) atoms. The van der Waals surface area contributed by atoms with Crippen molar-refractivity contribution in [3.8, 4) is 0 Å². The Bertz CT molecular complexity index is 1250. The number of ketones is 1. The molecule has 0 aromatic carbocycles. The second-order valence-corrected chi connectivity index (χ2v) is 15.5. The summed E-state index contributed by atoms with van der Waals surface area (Å²) in [5, 5.41) is 4.22. The highest BCUT2D eigenvalue weighted by Crippen LogP contribution is 2.74. The zero-order valence-corrected chi connectivity index (χ0v) is 25.2. The van der Waals surface area contributed by atoms with Crippen molar-refractivity contribution in [2.75, 3.05) is 20.8 Å². The average Bonchev–Trinajstić information content (AvgIpc) is 3.34. The number of nitrogens with zero attached hydrogens (tertiary/aromatic N) is 1. The number of aromatic nitrogens is 1. The second-order valence-electron chi connectivity index (χ2n) is 15.5. The van der Waals surface area contributed by atoms with Crippen molar-refractivity contribution in [2.24, 2.45) is 44.8 Å². The maximum atomic E-state index is 14.6. The van der Waals surface area contributed by atoms with Crippen LogP contribution in [0.2, 0.25) is 0 Å². The standard InChI is InChI=1S/C33H47NO5/c1-28(2)11-13-33(27(36)38-8)14-12-32(6)25(21(33)17-28)22(35)15-24-29(3)16-20-18-34-39-26(20)30(4,19-37-7)23(29)9-10-31(24,32)5/h15,18,21,23,25H,9-14,16-17,19H2,1-8H3/t21?,23?,25?,29-,30-,31+,32+,33-/m0/s1. The average molecular weight is 538 g/mol. The van der Waals surface area contributed by atoms with Gasteiger partial charge in [0.25, 0.3) is 0 Å². The summed E-state index contributed by atoms with van der Waals surface area (Å²) < 4.78 is 17.1. The zero-order valence-electron chi connectivity index (χ0n) is 25.2. The third-order valence-electron chi connectivity index (χ3n) is 13.2. The van der Waals surface area contributed by atoms with E-state index in [0.29, 0.717) is 6.61 Å². The van der Waals surface area contributed by atoms with Crippen molar-refractivity contribution in [1.82, 2.24) is 5.16 Å². The summed E-state index contributed by atoms with van der Waals surface area (Å²) in [6.07, 6.45) is 11.2. The maximum absolute atomic E-state index is 14.6. The molecule has 1 aromatic rings. The van der Waals surface area contributed by atoms with Gasteiger partial charge in [0.1, 0.15) is 5.76 Å². The SMILES string of the molecule is COC[C@]1(C)c2oncc2C[C@]2(C)C3=CC(=O)C4C5CC(C)(C)CC[C@]5(C(=O)OC)CC[C@@]4(C)[C@]3(C)CCC21. The van der Waals surface area contributed by atoms with Gasteiger partial charge in [-0.3, -0.25) is 9.59 Å². The van der Waals surface area contributed by atoms with E-state index in [4.69, 9.17) is 14.0 Å². The predicted molar refractivity (Wildman–Crippen MR) is 148 cm³/mol. The normalized spacial score (nSPS) is 46.1. The van der Waals surface area contributed by atoms with Gasteiger partial charge in [-0.2, -0.15) is 0 Å². The topological polar surface area (TPSA) is 78.6 Å². The molecule has 3 unspecified atom stereocenters. The van der Waals surface area contributed by atoms with Crippen molar-refractivity contribution in [3.63, 3.8) is 0 Å². The fourth-order valence-corrected chi connectivity index (χ4v) is 11.1. The Hall–Kier alpha value is -1.95. The third kappa shape index (κ3) is 3.27. The number of carbonyl (C=O) groups is 2. The molecule has 214 valence electrons. The van der Waals surface area contributed by atoms with Crippen LogP contribution in [0.1, 0.15) is 97.8 Å². The largest absolute Gasteiger partial charge is 0.469 e. The number of methoxy groups -OCH3 is 2. The molecule has 1 aromatic heterocycles. The minimum absolute atomic E-state index is 0.00916. The quantitative estimate of drug-likeness (QED) is 0.411. The molecule has 0 bridgehead atoms. The first-order valence-electron chi connectivity index (χ1n) is 15.0. The lowest BCUT2D eigenvalue weighted by atomic mass is 9.34. The first kappa shape index (κ1) is 27.2. The summed E-state index contributed by atoms with van der Waals surface area (Å²) >= 11 is 0. The highest BCUT2D eigenvalue weighted by Gasteiger charge is 2.71. The van der Waals surface area contributed by atoms with Crippen LogP contribution in [-0.4, -0.2) is 37.7 Å². The second kappa shape index (κ2) is 8.30. The van der Waals surface area contributed by atoms with Crippen LogP contribution >= 0.6 is 0 Å². The molecule has 3 saturated carbocycles. The molecule has 6 nitrogen and oxygen atoms in total. The van der Waals surface area contributed by atoms with Crippen molar-refractivity contribution in [2.45, 2.75) is 98.3 Å².